The van der Waals surface area contributed by atoms with Gasteiger partial charge in [0.25, 0.3) is 0 Å². The fourth-order valence-electron chi connectivity index (χ4n) is 4.42. The molecule has 19 heavy (non-hydrogen) atoms. The van der Waals surface area contributed by atoms with Gasteiger partial charge in [0, 0.05) is 25.2 Å². The van der Waals surface area contributed by atoms with Crippen LogP contribution in [-0.4, -0.2) is 30.6 Å². The van der Waals surface area contributed by atoms with Crippen LogP contribution in [0.15, 0.2) is 18.2 Å². The Labute approximate surface area is 116 Å². The smallest absolute Gasteiger partial charge is 0.0366 e. The molecule has 2 saturated heterocycles. The summed E-state index contributed by atoms with van der Waals surface area (Å²) in [4.78, 5) is 2.76. The zero-order chi connectivity index (χ0) is 12.8. The van der Waals surface area contributed by atoms with Crippen molar-refractivity contribution in [2.24, 2.45) is 5.92 Å². The van der Waals surface area contributed by atoms with Crippen molar-refractivity contribution in [2.75, 3.05) is 19.6 Å². The summed E-state index contributed by atoms with van der Waals surface area (Å²) in [6.07, 6.45) is 5.37. The van der Waals surface area contributed by atoms with E-state index in [0.717, 1.165) is 12.0 Å². The highest BCUT2D eigenvalue weighted by Gasteiger charge is 2.39. The summed E-state index contributed by atoms with van der Waals surface area (Å²) in [7, 11) is 0. The predicted molar refractivity (Wildman–Crippen MR) is 78.3 cm³/mol. The van der Waals surface area contributed by atoms with Crippen LogP contribution < -0.4 is 5.32 Å². The molecular weight excluding hydrogens is 232 g/mol. The molecule has 3 aliphatic heterocycles. The van der Waals surface area contributed by atoms with Crippen molar-refractivity contribution in [1.82, 2.24) is 10.2 Å². The van der Waals surface area contributed by atoms with E-state index in [0.29, 0.717) is 6.04 Å². The number of nitrogens with one attached hydrogen (secondary N) is 1. The summed E-state index contributed by atoms with van der Waals surface area (Å²) in [6.45, 7) is 6.04. The predicted octanol–water partition coefficient (Wildman–Crippen LogP) is 2.67. The molecule has 4 rings (SSSR count). The van der Waals surface area contributed by atoms with E-state index in [1.54, 1.807) is 11.1 Å². The number of hydrogen-bond acceptors (Lipinski definition) is 2. The van der Waals surface area contributed by atoms with Crippen LogP contribution in [0.4, 0.5) is 0 Å². The van der Waals surface area contributed by atoms with E-state index in [1.165, 1.54) is 50.9 Å². The number of benzene rings is 1. The summed E-state index contributed by atoms with van der Waals surface area (Å²) >= 11 is 0. The molecule has 1 N–H and O–H groups in total. The van der Waals surface area contributed by atoms with Crippen LogP contribution in [-0.2, 0) is 6.42 Å². The molecule has 0 saturated carbocycles. The Bertz CT molecular complexity index is 482. The maximum Gasteiger partial charge on any atom is 0.0366 e. The van der Waals surface area contributed by atoms with Crippen LogP contribution in [0.25, 0.3) is 0 Å². The first-order valence-corrected chi connectivity index (χ1v) is 7.88. The van der Waals surface area contributed by atoms with Gasteiger partial charge in [-0.05, 0) is 56.2 Å². The van der Waals surface area contributed by atoms with E-state index in [4.69, 9.17) is 0 Å². The van der Waals surface area contributed by atoms with E-state index in [2.05, 4.69) is 35.3 Å². The van der Waals surface area contributed by atoms with Crippen molar-refractivity contribution in [3.8, 4) is 0 Å². The first-order valence-electron chi connectivity index (χ1n) is 7.88. The summed E-state index contributed by atoms with van der Waals surface area (Å²) in [5.41, 5.74) is 4.64. The second kappa shape index (κ2) is 4.60. The fraction of sp³-hybridized carbons (Fsp3) is 0.647. The largest absolute Gasteiger partial charge is 0.314 e. The van der Waals surface area contributed by atoms with Gasteiger partial charge < -0.3 is 5.32 Å². The van der Waals surface area contributed by atoms with Crippen LogP contribution in [0, 0.1) is 12.8 Å². The molecule has 3 aliphatic rings. The Hall–Kier alpha value is -0.860. The highest BCUT2D eigenvalue weighted by molar-refractivity contribution is 5.36. The lowest BCUT2D eigenvalue weighted by Gasteiger charge is -2.49. The first-order chi connectivity index (χ1) is 9.31. The second-order valence-electron chi connectivity index (χ2n) is 6.66. The lowest BCUT2D eigenvalue weighted by Crippen LogP contribution is -2.54. The Morgan fingerprint density at radius 2 is 2.26 bits per heavy atom. The van der Waals surface area contributed by atoms with Crippen molar-refractivity contribution in [1.29, 1.82) is 0 Å². The third kappa shape index (κ3) is 2.02. The molecule has 0 unspecified atom stereocenters. The second-order valence-corrected chi connectivity index (χ2v) is 6.66. The zero-order valence-electron chi connectivity index (χ0n) is 11.9. The van der Waals surface area contributed by atoms with Gasteiger partial charge in [-0.15, -0.1) is 0 Å². The van der Waals surface area contributed by atoms with Crippen LogP contribution in [0.5, 0.6) is 0 Å². The van der Waals surface area contributed by atoms with Gasteiger partial charge in [0.1, 0.15) is 0 Å². The summed E-state index contributed by atoms with van der Waals surface area (Å²) in [6, 6.07) is 8.52. The highest BCUT2D eigenvalue weighted by atomic mass is 15.2. The Morgan fingerprint density at radius 1 is 1.32 bits per heavy atom. The van der Waals surface area contributed by atoms with Gasteiger partial charge in [0.2, 0.25) is 0 Å². The van der Waals surface area contributed by atoms with Crippen LogP contribution in [0.1, 0.15) is 42.0 Å². The monoisotopic (exact) mass is 256 g/mol. The molecule has 2 fully saturated rings. The van der Waals surface area contributed by atoms with E-state index < -0.39 is 0 Å². The first kappa shape index (κ1) is 11.9. The van der Waals surface area contributed by atoms with Crippen molar-refractivity contribution in [2.45, 2.75) is 44.7 Å². The van der Waals surface area contributed by atoms with Crippen LogP contribution in [0.2, 0.25) is 0 Å². The summed E-state index contributed by atoms with van der Waals surface area (Å²) < 4.78 is 0. The number of piperidine rings is 2. The SMILES string of the molecule is Cc1ccc2c(c1)[C@@H]1C[C@@H]3NCCC[C@@H]3CN1CC2. The molecule has 2 heteroatoms. The molecule has 0 spiro atoms. The standard InChI is InChI=1S/C17H24N2/c1-12-4-5-13-6-8-19-11-14-3-2-7-18-16(14)10-17(19)15(13)9-12/h4-5,9,14,16-18H,2-3,6-8,10-11H2,1H3/t14-,16+,17+/m1/s1. The van der Waals surface area contributed by atoms with Crippen molar-refractivity contribution >= 4 is 0 Å². The van der Waals surface area contributed by atoms with Crippen LogP contribution >= 0.6 is 0 Å². The van der Waals surface area contributed by atoms with Gasteiger partial charge in [-0.3, -0.25) is 4.90 Å². The average molecular weight is 256 g/mol. The average Bonchev–Trinajstić information content (AvgIpc) is 2.45. The third-order valence-electron chi connectivity index (χ3n) is 5.44. The topological polar surface area (TPSA) is 15.3 Å². The number of fused-ring (bicyclic) bond motifs is 4. The Morgan fingerprint density at radius 3 is 3.21 bits per heavy atom. The maximum atomic E-state index is 3.77. The number of rotatable bonds is 0. The molecule has 0 bridgehead atoms. The minimum atomic E-state index is 0.676. The molecule has 3 atom stereocenters. The molecule has 3 heterocycles. The number of nitrogens with zero attached hydrogens (tertiary/aromatic N) is 1. The lowest BCUT2D eigenvalue weighted by molar-refractivity contribution is 0.0552. The molecule has 0 aliphatic carbocycles. The zero-order valence-corrected chi connectivity index (χ0v) is 11.9. The minimum Gasteiger partial charge on any atom is -0.314 e. The molecule has 0 amide bonds. The third-order valence-corrected chi connectivity index (χ3v) is 5.44. The molecule has 102 valence electrons. The van der Waals surface area contributed by atoms with Gasteiger partial charge in [-0.1, -0.05) is 23.8 Å². The van der Waals surface area contributed by atoms with Gasteiger partial charge in [0.15, 0.2) is 0 Å². The molecule has 0 radical (unpaired) electrons. The van der Waals surface area contributed by atoms with E-state index in [-0.39, 0.29) is 0 Å². The Balaban J connectivity index is 1.66. The quantitative estimate of drug-likeness (QED) is 0.768. The van der Waals surface area contributed by atoms with E-state index >= 15 is 0 Å². The molecule has 1 aromatic rings. The number of hydrogen-bond donors (Lipinski definition) is 1. The minimum absolute atomic E-state index is 0.676. The van der Waals surface area contributed by atoms with Gasteiger partial charge in [-0.25, -0.2) is 0 Å². The van der Waals surface area contributed by atoms with Crippen molar-refractivity contribution in [3.05, 3.63) is 34.9 Å². The van der Waals surface area contributed by atoms with Crippen LogP contribution in [0.3, 0.4) is 0 Å². The summed E-state index contributed by atoms with van der Waals surface area (Å²) in [5.74, 6) is 0.899. The maximum absolute atomic E-state index is 3.77. The van der Waals surface area contributed by atoms with E-state index in [1.807, 2.05) is 0 Å². The normalized spacial score (nSPS) is 34.3. The molecular formula is C17H24N2. The number of aryl methyl sites for hydroxylation is 1. The van der Waals surface area contributed by atoms with Gasteiger partial charge >= 0.3 is 0 Å². The van der Waals surface area contributed by atoms with Gasteiger partial charge in [-0.2, -0.15) is 0 Å². The Kier molecular flexibility index (Phi) is 2.89. The van der Waals surface area contributed by atoms with Gasteiger partial charge in [0.05, 0.1) is 0 Å². The summed E-state index contributed by atoms with van der Waals surface area (Å²) in [5, 5.41) is 3.77. The molecule has 1 aromatic carbocycles. The van der Waals surface area contributed by atoms with Crippen molar-refractivity contribution < 1.29 is 0 Å². The highest BCUT2D eigenvalue weighted by Crippen LogP contribution is 2.40. The van der Waals surface area contributed by atoms with Crippen molar-refractivity contribution in [3.63, 3.8) is 0 Å². The fourth-order valence-corrected chi connectivity index (χ4v) is 4.42. The molecule has 0 aromatic heterocycles. The molecule has 2 nitrogen and oxygen atoms in total. The van der Waals surface area contributed by atoms with E-state index in [9.17, 15) is 0 Å². The lowest BCUT2D eigenvalue weighted by atomic mass is 9.77.